The number of rotatable bonds is 8. The van der Waals surface area contributed by atoms with Crippen LogP contribution in [0.2, 0.25) is 0 Å². The van der Waals surface area contributed by atoms with Crippen LogP contribution in [0.15, 0.2) is 87.5 Å². The molecule has 10 rings (SSSR count). The maximum Gasteiger partial charge on any atom is 0.323 e. The number of carbonyl (C=O) groups excluding carboxylic acids is 1. The van der Waals surface area contributed by atoms with Crippen molar-refractivity contribution in [2.24, 2.45) is 23.2 Å². The second-order valence-electron chi connectivity index (χ2n) is 17.8. The normalized spacial score (nSPS) is 29.6. The van der Waals surface area contributed by atoms with Gasteiger partial charge in [-0.2, -0.15) is 0 Å². The van der Waals surface area contributed by atoms with E-state index < -0.39 is 10.3 Å². The molecule has 0 spiro atoms. The van der Waals surface area contributed by atoms with Gasteiger partial charge in [-0.05, 0) is 164 Å². The van der Waals surface area contributed by atoms with Crippen molar-refractivity contribution in [3.8, 4) is 0 Å². The molecule has 3 heteroatoms. The number of hydrogen-bond acceptors (Lipinski definition) is 2. The highest BCUT2D eigenvalue weighted by Gasteiger charge is 2.57. The van der Waals surface area contributed by atoms with E-state index in [9.17, 15) is 0 Å². The fourth-order valence-corrected chi connectivity index (χ4v) is 16.1. The van der Waals surface area contributed by atoms with Crippen LogP contribution in [0.4, 0.5) is 0 Å². The van der Waals surface area contributed by atoms with Crippen molar-refractivity contribution < 1.29 is 8.98 Å². The fraction of sp³-hybridized carbons (Fsp3) is 0.596. The third kappa shape index (κ3) is 6.10. The molecule has 0 aromatic heterocycles. The molecule has 0 radical (unpaired) electrons. The van der Waals surface area contributed by atoms with E-state index in [2.05, 4.69) is 72.8 Å². The maximum atomic E-state index is 15.5. The van der Waals surface area contributed by atoms with Gasteiger partial charge < -0.3 is 4.18 Å². The molecule has 0 heterocycles. The van der Waals surface area contributed by atoms with Crippen LogP contribution in [0, 0.1) is 23.2 Å². The van der Waals surface area contributed by atoms with Gasteiger partial charge in [-0.3, -0.25) is 4.79 Å². The maximum absolute atomic E-state index is 15.5. The van der Waals surface area contributed by atoms with Crippen molar-refractivity contribution in [1.82, 2.24) is 0 Å². The molecule has 50 heavy (non-hydrogen) atoms. The van der Waals surface area contributed by atoms with E-state index in [1.807, 2.05) is 0 Å². The molecular formula is C47H60O2S. The van der Waals surface area contributed by atoms with Crippen LogP contribution in [-0.2, 0) is 8.98 Å². The third-order valence-electron chi connectivity index (χ3n) is 14.4. The second-order valence-corrected chi connectivity index (χ2v) is 20.4. The summed E-state index contributed by atoms with van der Waals surface area (Å²) in [5, 5.41) is 0. The summed E-state index contributed by atoms with van der Waals surface area (Å²) in [7, 11) is -2.38. The summed E-state index contributed by atoms with van der Waals surface area (Å²) >= 11 is 0. The fourth-order valence-electron chi connectivity index (χ4n) is 12.4. The molecule has 4 bridgehead atoms. The molecule has 2 nitrogen and oxygen atoms in total. The molecule has 0 aliphatic heterocycles. The largest absolute Gasteiger partial charge is 0.401 e. The lowest BCUT2D eigenvalue weighted by atomic mass is 9.49. The Bertz CT molecular complexity index is 1510. The second kappa shape index (κ2) is 14.1. The summed E-state index contributed by atoms with van der Waals surface area (Å²) in [4.78, 5) is 19.4. The average molecular weight is 689 g/mol. The Morgan fingerprint density at radius 2 is 0.940 bits per heavy atom. The molecule has 266 valence electrons. The van der Waals surface area contributed by atoms with Gasteiger partial charge in [-0.25, -0.2) is 0 Å². The number of carbonyl (C=O) groups is 1. The van der Waals surface area contributed by atoms with Crippen molar-refractivity contribution in [3.63, 3.8) is 0 Å². The molecule has 3 aromatic carbocycles. The molecule has 7 saturated carbocycles. The van der Waals surface area contributed by atoms with Crippen LogP contribution in [0.25, 0.3) is 0 Å². The Hall–Kier alpha value is -2.52. The summed E-state index contributed by atoms with van der Waals surface area (Å²) in [5.74, 6) is 3.98. The van der Waals surface area contributed by atoms with Crippen molar-refractivity contribution in [2.75, 3.05) is 0 Å². The average Bonchev–Trinajstić information content (AvgIpc) is 3.18. The molecule has 0 unspecified atom stereocenters. The Labute approximate surface area is 304 Å². The minimum Gasteiger partial charge on any atom is -0.401 e. The molecule has 3 aromatic rings. The molecule has 7 aliphatic rings. The summed E-state index contributed by atoms with van der Waals surface area (Å²) in [5.41, 5.74) is 4.43. The van der Waals surface area contributed by atoms with Gasteiger partial charge in [0.05, 0.1) is 5.41 Å². The van der Waals surface area contributed by atoms with Crippen LogP contribution in [0.3, 0.4) is 0 Å². The minimum atomic E-state index is -2.38. The Morgan fingerprint density at radius 1 is 0.540 bits per heavy atom. The molecule has 7 aliphatic carbocycles. The number of hydrogen-bond donors (Lipinski definition) is 0. The van der Waals surface area contributed by atoms with Crippen LogP contribution in [0.5, 0.6) is 0 Å². The zero-order valence-corrected chi connectivity index (χ0v) is 31.3. The van der Waals surface area contributed by atoms with Gasteiger partial charge in [-0.1, -0.05) is 106 Å². The Kier molecular flexibility index (Phi) is 9.42. The predicted octanol–water partition coefficient (Wildman–Crippen LogP) is 13.8. The number of benzene rings is 3. The van der Waals surface area contributed by atoms with Crippen LogP contribution in [0.1, 0.15) is 169 Å². The van der Waals surface area contributed by atoms with E-state index >= 15 is 4.79 Å². The van der Waals surface area contributed by atoms with Crippen LogP contribution >= 0.6 is 10.3 Å². The monoisotopic (exact) mass is 688 g/mol. The van der Waals surface area contributed by atoms with Crippen molar-refractivity contribution in [1.29, 1.82) is 0 Å². The van der Waals surface area contributed by atoms with E-state index in [1.54, 1.807) is 16.7 Å². The van der Waals surface area contributed by atoms with E-state index in [-0.39, 0.29) is 11.4 Å². The van der Waals surface area contributed by atoms with Crippen molar-refractivity contribution >= 4 is 16.3 Å². The smallest absolute Gasteiger partial charge is 0.323 e. The zero-order valence-electron chi connectivity index (χ0n) is 30.5. The van der Waals surface area contributed by atoms with E-state index in [4.69, 9.17) is 4.18 Å². The topological polar surface area (TPSA) is 26.3 Å². The SMILES string of the molecule is O=C(OS(c1ccccc1)(c1ccccc1)c1c(C2CCCCC2)cc(C2CCCCC2)cc1C1CCCCC1)C12CC3CC(CC(C3)C1)C2. The highest BCUT2D eigenvalue weighted by Crippen LogP contribution is 2.74. The summed E-state index contributed by atoms with van der Waals surface area (Å²) < 4.78 is 7.77. The Morgan fingerprint density at radius 3 is 1.36 bits per heavy atom. The van der Waals surface area contributed by atoms with E-state index in [0.29, 0.717) is 35.5 Å². The van der Waals surface area contributed by atoms with Gasteiger partial charge in [0.1, 0.15) is 0 Å². The van der Waals surface area contributed by atoms with Crippen molar-refractivity contribution in [2.45, 2.75) is 167 Å². The van der Waals surface area contributed by atoms with E-state index in [0.717, 1.165) is 19.3 Å². The summed E-state index contributed by atoms with van der Waals surface area (Å²) in [6, 6.07) is 27.8. The highest BCUT2D eigenvalue weighted by atomic mass is 32.3. The minimum absolute atomic E-state index is 0.139. The standard InChI is InChI=1S/C47H60O2S/c48-46(47-31-34-26-35(32-47)28-36(27-34)33-47)49-50(41-22-12-4-13-23-41,42-24-14-5-15-25-42)45-43(38-18-8-2-9-19-38)29-40(37-16-6-1-7-17-37)30-44(45)39-20-10-3-11-21-39/h4-5,12-15,22-25,29-30,34-39H,1-3,6-11,16-21,26-28,31-33H2. The van der Waals surface area contributed by atoms with Gasteiger partial charge in [-0.15, -0.1) is 0 Å². The Balaban J connectivity index is 1.31. The van der Waals surface area contributed by atoms with Gasteiger partial charge in [0, 0.05) is 14.7 Å². The lowest BCUT2D eigenvalue weighted by Crippen LogP contribution is -2.50. The molecule has 0 amide bonds. The highest BCUT2D eigenvalue weighted by molar-refractivity contribution is 8.30. The first-order valence-corrected chi connectivity index (χ1v) is 22.5. The predicted molar refractivity (Wildman–Crippen MR) is 206 cm³/mol. The van der Waals surface area contributed by atoms with Gasteiger partial charge in [0.15, 0.2) is 0 Å². The van der Waals surface area contributed by atoms with Gasteiger partial charge in [0.25, 0.3) is 0 Å². The first-order valence-electron chi connectivity index (χ1n) is 21.0. The molecule has 0 atom stereocenters. The van der Waals surface area contributed by atoms with Gasteiger partial charge in [0.2, 0.25) is 0 Å². The molecular weight excluding hydrogens is 629 g/mol. The first-order chi connectivity index (χ1) is 24.6. The zero-order chi connectivity index (χ0) is 33.5. The van der Waals surface area contributed by atoms with Crippen LogP contribution < -0.4 is 0 Å². The third-order valence-corrected chi connectivity index (χ3v) is 17.8. The lowest BCUT2D eigenvalue weighted by molar-refractivity contribution is -0.160. The van der Waals surface area contributed by atoms with Crippen LogP contribution in [-0.4, -0.2) is 5.97 Å². The molecule has 7 fully saturated rings. The first kappa shape index (κ1) is 33.3. The molecule has 0 saturated heterocycles. The quantitative estimate of drug-likeness (QED) is 0.235. The van der Waals surface area contributed by atoms with E-state index in [1.165, 1.54) is 130 Å². The summed E-state index contributed by atoms with van der Waals surface area (Å²) in [6.07, 6.45) is 26.8. The molecule has 0 N–H and O–H groups in total. The summed E-state index contributed by atoms with van der Waals surface area (Å²) in [6.45, 7) is 0. The van der Waals surface area contributed by atoms with Gasteiger partial charge >= 0.3 is 5.97 Å². The van der Waals surface area contributed by atoms with Crippen molar-refractivity contribution in [3.05, 3.63) is 89.5 Å². The lowest BCUT2D eigenvalue weighted by Gasteiger charge is -2.56.